The molecule has 2 N–H and O–H groups in total. The first kappa shape index (κ1) is 21.2. The van der Waals surface area contributed by atoms with Gasteiger partial charge in [0.2, 0.25) is 0 Å². The summed E-state index contributed by atoms with van der Waals surface area (Å²) >= 11 is 0. The number of benzene rings is 3. The molecular formula is C21H23ClN2O4S. The molecule has 1 saturated heterocycles. The molecule has 0 spiro atoms. The second kappa shape index (κ2) is 8.90. The van der Waals surface area contributed by atoms with Crippen molar-refractivity contribution in [2.45, 2.75) is 17.4 Å². The number of methoxy groups -OCH3 is 1. The first-order valence-electron chi connectivity index (χ1n) is 9.13. The molecule has 6 nitrogen and oxygen atoms in total. The number of halogens is 1. The largest absolute Gasteiger partial charge is 0.497 e. The van der Waals surface area contributed by atoms with E-state index in [-0.39, 0.29) is 23.4 Å². The molecule has 1 atom stereocenters. The van der Waals surface area contributed by atoms with Gasteiger partial charge in [-0.25, -0.2) is 8.42 Å². The van der Waals surface area contributed by atoms with Crippen molar-refractivity contribution in [2.24, 2.45) is 0 Å². The number of anilines is 1. The Morgan fingerprint density at radius 3 is 2.38 bits per heavy atom. The number of hydrogen-bond acceptors (Lipinski definition) is 5. The van der Waals surface area contributed by atoms with E-state index >= 15 is 0 Å². The quantitative estimate of drug-likeness (QED) is 0.617. The average Bonchev–Trinajstić information content (AvgIpc) is 3.23. The molecule has 4 rings (SSSR count). The van der Waals surface area contributed by atoms with Crippen LogP contribution in [0.4, 0.5) is 5.69 Å². The lowest BCUT2D eigenvalue weighted by atomic mass is 10.1. The number of hydrogen-bond donors (Lipinski definition) is 2. The van der Waals surface area contributed by atoms with E-state index in [0.29, 0.717) is 11.4 Å². The van der Waals surface area contributed by atoms with Gasteiger partial charge in [0.05, 0.1) is 17.7 Å². The highest BCUT2D eigenvalue weighted by Crippen LogP contribution is 2.34. The maximum Gasteiger partial charge on any atom is 0.261 e. The average molecular weight is 435 g/mol. The topological polar surface area (TPSA) is 76.7 Å². The Kier molecular flexibility index (Phi) is 6.52. The predicted molar refractivity (Wildman–Crippen MR) is 117 cm³/mol. The highest BCUT2D eigenvalue weighted by Gasteiger charge is 2.19. The molecule has 3 aromatic carbocycles. The number of nitrogens with one attached hydrogen (secondary N) is 2. The van der Waals surface area contributed by atoms with Gasteiger partial charge in [-0.05, 0) is 49.4 Å². The first-order chi connectivity index (χ1) is 13.6. The van der Waals surface area contributed by atoms with Crippen molar-refractivity contribution in [1.82, 2.24) is 5.32 Å². The van der Waals surface area contributed by atoms with Crippen molar-refractivity contribution in [2.75, 3.05) is 24.9 Å². The highest BCUT2D eigenvalue weighted by molar-refractivity contribution is 7.92. The molecule has 3 aromatic rings. The van der Waals surface area contributed by atoms with Crippen LogP contribution in [0.2, 0.25) is 0 Å². The third-order valence-electron chi connectivity index (χ3n) is 4.81. The molecule has 29 heavy (non-hydrogen) atoms. The summed E-state index contributed by atoms with van der Waals surface area (Å²) in [5.41, 5.74) is 0.517. The fourth-order valence-corrected chi connectivity index (χ4v) is 4.41. The van der Waals surface area contributed by atoms with Crippen LogP contribution in [0.15, 0.2) is 65.6 Å². The molecular weight excluding hydrogens is 412 g/mol. The minimum Gasteiger partial charge on any atom is -0.497 e. The van der Waals surface area contributed by atoms with Crippen LogP contribution in [0.5, 0.6) is 11.5 Å². The third-order valence-corrected chi connectivity index (χ3v) is 6.19. The maximum atomic E-state index is 12.8. The Labute approximate surface area is 176 Å². The fourth-order valence-electron chi connectivity index (χ4n) is 3.33. The molecule has 0 amide bonds. The summed E-state index contributed by atoms with van der Waals surface area (Å²) in [5, 5.41) is 4.96. The molecule has 0 aromatic heterocycles. The van der Waals surface area contributed by atoms with Crippen molar-refractivity contribution in [1.29, 1.82) is 0 Å². The smallest absolute Gasteiger partial charge is 0.261 e. The zero-order valence-electron chi connectivity index (χ0n) is 15.9. The van der Waals surface area contributed by atoms with Gasteiger partial charge in [-0.15, -0.1) is 12.4 Å². The van der Waals surface area contributed by atoms with Gasteiger partial charge in [-0.1, -0.05) is 24.3 Å². The lowest BCUT2D eigenvalue weighted by Crippen LogP contribution is -2.19. The standard InChI is InChI=1S/C21H22N2O4S.ClH/c1-26-15-6-8-17(9-7-15)28(24,25)23-20-10-11-21(27-16-12-13-22-14-16)19-5-3-2-4-18(19)20;/h2-11,16,22-23H,12-14H2,1H3;1H. The second-order valence-electron chi connectivity index (χ2n) is 6.67. The van der Waals surface area contributed by atoms with Gasteiger partial charge in [-0.2, -0.15) is 0 Å². The van der Waals surface area contributed by atoms with Gasteiger partial charge in [0.15, 0.2) is 0 Å². The molecule has 0 saturated carbocycles. The van der Waals surface area contributed by atoms with Gasteiger partial charge in [0.1, 0.15) is 17.6 Å². The number of ether oxygens (including phenoxy) is 2. The molecule has 1 fully saturated rings. The summed E-state index contributed by atoms with van der Waals surface area (Å²) in [7, 11) is -2.18. The number of sulfonamides is 1. The minimum absolute atomic E-state index is 0. The van der Waals surface area contributed by atoms with E-state index < -0.39 is 10.0 Å². The first-order valence-corrected chi connectivity index (χ1v) is 10.6. The molecule has 0 radical (unpaired) electrons. The molecule has 8 heteroatoms. The van der Waals surface area contributed by atoms with E-state index in [9.17, 15) is 8.42 Å². The van der Waals surface area contributed by atoms with Crippen molar-refractivity contribution < 1.29 is 17.9 Å². The molecule has 1 unspecified atom stereocenters. The van der Waals surface area contributed by atoms with Crippen molar-refractivity contribution >= 4 is 38.9 Å². The molecule has 0 bridgehead atoms. The lowest BCUT2D eigenvalue weighted by molar-refractivity contribution is 0.226. The maximum absolute atomic E-state index is 12.8. The Balaban J connectivity index is 0.00000240. The minimum atomic E-state index is -3.72. The number of rotatable bonds is 6. The van der Waals surface area contributed by atoms with Crippen LogP contribution in [0.25, 0.3) is 10.8 Å². The van der Waals surface area contributed by atoms with Crippen molar-refractivity contribution in [3.05, 3.63) is 60.7 Å². The predicted octanol–water partition coefficient (Wildman–Crippen LogP) is 3.81. The Morgan fingerprint density at radius 2 is 1.72 bits per heavy atom. The molecule has 1 aliphatic heterocycles. The fraction of sp³-hybridized carbons (Fsp3) is 0.238. The monoisotopic (exact) mass is 434 g/mol. The Morgan fingerprint density at radius 1 is 1.00 bits per heavy atom. The zero-order chi connectivity index (χ0) is 19.6. The molecule has 154 valence electrons. The van der Waals surface area contributed by atoms with Crippen molar-refractivity contribution in [3.63, 3.8) is 0 Å². The normalized spacial score (nSPS) is 16.2. The summed E-state index contributed by atoms with van der Waals surface area (Å²) < 4.78 is 39.6. The van der Waals surface area contributed by atoms with Crippen LogP contribution >= 0.6 is 12.4 Å². The molecule has 1 heterocycles. The van der Waals surface area contributed by atoms with Crippen molar-refractivity contribution in [3.8, 4) is 11.5 Å². The lowest BCUT2D eigenvalue weighted by Gasteiger charge is -2.17. The summed E-state index contributed by atoms with van der Waals surface area (Å²) in [6.45, 7) is 1.77. The van der Waals surface area contributed by atoms with Gasteiger partial charge in [0.25, 0.3) is 10.0 Å². The summed E-state index contributed by atoms with van der Waals surface area (Å²) in [4.78, 5) is 0.176. The van der Waals surface area contributed by atoms with Crippen LogP contribution in [0, 0.1) is 0 Å². The highest BCUT2D eigenvalue weighted by atomic mass is 35.5. The van der Waals surface area contributed by atoms with E-state index in [1.807, 2.05) is 30.3 Å². The third kappa shape index (κ3) is 4.58. The van der Waals surface area contributed by atoms with Crippen LogP contribution in [0.1, 0.15) is 6.42 Å². The SMILES string of the molecule is COc1ccc(S(=O)(=O)Nc2ccc(OC3CCNC3)c3ccccc23)cc1.Cl. The molecule has 1 aliphatic rings. The second-order valence-corrected chi connectivity index (χ2v) is 8.35. The number of fused-ring (bicyclic) bond motifs is 1. The summed E-state index contributed by atoms with van der Waals surface area (Å²) in [5.74, 6) is 1.36. The molecule has 0 aliphatic carbocycles. The van der Waals surface area contributed by atoms with Crippen LogP contribution in [-0.4, -0.2) is 34.7 Å². The van der Waals surface area contributed by atoms with E-state index in [1.165, 1.54) is 12.1 Å². The summed E-state index contributed by atoms with van der Waals surface area (Å²) in [6.07, 6.45) is 1.09. The van der Waals surface area contributed by atoms with E-state index in [4.69, 9.17) is 9.47 Å². The van der Waals surface area contributed by atoms with Crippen LogP contribution < -0.4 is 19.5 Å². The van der Waals surface area contributed by atoms with E-state index in [2.05, 4.69) is 10.0 Å². The van der Waals surface area contributed by atoms with Crippen LogP contribution in [-0.2, 0) is 10.0 Å². The Hall–Kier alpha value is -2.48. The Bertz CT molecular complexity index is 1080. The van der Waals surface area contributed by atoms with Gasteiger partial charge < -0.3 is 14.8 Å². The van der Waals surface area contributed by atoms with Gasteiger partial charge in [0, 0.05) is 17.3 Å². The van der Waals surface area contributed by atoms with Crippen LogP contribution in [0.3, 0.4) is 0 Å². The summed E-state index contributed by atoms with van der Waals surface area (Å²) in [6, 6.07) is 17.5. The van der Waals surface area contributed by atoms with Gasteiger partial charge in [-0.3, -0.25) is 4.72 Å². The van der Waals surface area contributed by atoms with Gasteiger partial charge >= 0.3 is 0 Å². The zero-order valence-corrected chi connectivity index (χ0v) is 17.6. The van der Waals surface area contributed by atoms with E-state index in [1.54, 1.807) is 25.3 Å². The van der Waals surface area contributed by atoms with E-state index in [0.717, 1.165) is 36.0 Å².